The molecule has 18 heavy (non-hydrogen) atoms. The number of hydrogen-bond donors (Lipinski definition) is 2. The van der Waals surface area contributed by atoms with Gasteiger partial charge in [-0.25, -0.2) is 9.18 Å². The Kier molecular flexibility index (Phi) is 4.11. The average molecular weight is 254 g/mol. The molecule has 1 atom stereocenters. The van der Waals surface area contributed by atoms with Gasteiger partial charge >= 0.3 is 6.03 Å². The van der Waals surface area contributed by atoms with Gasteiger partial charge in [-0.2, -0.15) is 0 Å². The molecule has 5 nitrogen and oxygen atoms in total. The summed E-state index contributed by atoms with van der Waals surface area (Å²) < 4.78 is 18.6. The zero-order chi connectivity index (χ0) is 13.0. The average Bonchev–Trinajstić information content (AvgIpc) is 2.41. The number of para-hydroxylation sites is 1. The first-order valence-electron chi connectivity index (χ1n) is 5.73. The minimum absolute atomic E-state index is 0.135. The summed E-state index contributed by atoms with van der Waals surface area (Å²) in [5.74, 6) is -0.474. The van der Waals surface area contributed by atoms with Crippen molar-refractivity contribution in [3.05, 3.63) is 30.1 Å². The minimum Gasteiger partial charge on any atom is -0.394 e. The van der Waals surface area contributed by atoms with E-state index in [9.17, 15) is 9.18 Å². The molecular weight excluding hydrogens is 239 g/mol. The molecule has 0 saturated carbocycles. The lowest BCUT2D eigenvalue weighted by Crippen LogP contribution is -2.48. The van der Waals surface area contributed by atoms with Crippen LogP contribution in [0.1, 0.15) is 0 Å². The number of carbonyl (C=O) groups excluding carboxylic acids is 1. The molecular formula is C12H15FN2O3. The Bertz CT molecular complexity index is 428. The highest BCUT2D eigenvalue weighted by molar-refractivity contribution is 5.89. The van der Waals surface area contributed by atoms with E-state index in [2.05, 4.69) is 5.32 Å². The second-order valence-electron chi connectivity index (χ2n) is 4.03. The SMILES string of the molecule is O=C(Nc1ccccc1F)N1CCOC(CO)C1. The smallest absolute Gasteiger partial charge is 0.322 e. The van der Waals surface area contributed by atoms with E-state index < -0.39 is 5.82 Å². The number of rotatable bonds is 2. The summed E-state index contributed by atoms with van der Waals surface area (Å²) in [6, 6.07) is 5.60. The predicted octanol–water partition coefficient (Wildman–Crippen LogP) is 1.05. The third-order valence-corrected chi connectivity index (χ3v) is 2.75. The summed E-state index contributed by atoms with van der Waals surface area (Å²) in [6.07, 6.45) is -0.370. The van der Waals surface area contributed by atoms with Gasteiger partial charge in [0.2, 0.25) is 0 Å². The van der Waals surface area contributed by atoms with Gasteiger partial charge in [0.25, 0.3) is 0 Å². The molecule has 0 aromatic heterocycles. The predicted molar refractivity (Wildman–Crippen MR) is 63.8 cm³/mol. The van der Waals surface area contributed by atoms with E-state index in [-0.39, 0.29) is 24.4 Å². The molecule has 0 aliphatic carbocycles. The van der Waals surface area contributed by atoms with Crippen molar-refractivity contribution in [1.82, 2.24) is 4.90 Å². The number of amides is 2. The zero-order valence-corrected chi connectivity index (χ0v) is 9.80. The number of urea groups is 1. The quantitative estimate of drug-likeness (QED) is 0.829. The van der Waals surface area contributed by atoms with Crippen LogP contribution >= 0.6 is 0 Å². The molecule has 0 spiro atoms. The first-order valence-corrected chi connectivity index (χ1v) is 5.73. The highest BCUT2D eigenvalue weighted by Crippen LogP contribution is 2.14. The molecule has 1 aliphatic heterocycles. The number of aliphatic hydroxyl groups excluding tert-OH is 1. The second-order valence-corrected chi connectivity index (χ2v) is 4.03. The van der Waals surface area contributed by atoms with Crippen LogP contribution in [0, 0.1) is 5.82 Å². The molecule has 2 N–H and O–H groups in total. The Morgan fingerprint density at radius 1 is 1.56 bits per heavy atom. The summed E-state index contributed by atoms with van der Waals surface area (Å²) in [6.45, 7) is 0.965. The first kappa shape index (κ1) is 12.8. The number of ether oxygens (including phenoxy) is 1. The fourth-order valence-corrected chi connectivity index (χ4v) is 1.77. The van der Waals surface area contributed by atoms with Crippen LogP contribution in [0.25, 0.3) is 0 Å². The highest BCUT2D eigenvalue weighted by atomic mass is 19.1. The first-order chi connectivity index (χ1) is 8.70. The number of carbonyl (C=O) groups is 1. The van der Waals surface area contributed by atoms with Crippen molar-refractivity contribution in [2.75, 3.05) is 31.6 Å². The third-order valence-electron chi connectivity index (χ3n) is 2.75. The number of aliphatic hydroxyl groups is 1. The number of hydrogen-bond acceptors (Lipinski definition) is 3. The largest absolute Gasteiger partial charge is 0.394 e. The van der Waals surface area contributed by atoms with Crippen molar-refractivity contribution in [3.8, 4) is 0 Å². The monoisotopic (exact) mass is 254 g/mol. The molecule has 1 aromatic rings. The van der Waals surface area contributed by atoms with Crippen molar-refractivity contribution in [1.29, 1.82) is 0 Å². The fourth-order valence-electron chi connectivity index (χ4n) is 1.77. The molecule has 0 bridgehead atoms. The molecule has 2 amide bonds. The lowest BCUT2D eigenvalue weighted by molar-refractivity contribution is -0.0388. The van der Waals surface area contributed by atoms with Crippen LogP contribution in [0.15, 0.2) is 24.3 Å². The van der Waals surface area contributed by atoms with Gasteiger partial charge in [0, 0.05) is 6.54 Å². The van der Waals surface area contributed by atoms with E-state index in [1.165, 1.54) is 17.0 Å². The number of halogens is 1. The van der Waals surface area contributed by atoms with E-state index in [1.807, 2.05) is 0 Å². The topological polar surface area (TPSA) is 61.8 Å². The maximum Gasteiger partial charge on any atom is 0.322 e. The summed E-state index contributed by atoms with van der Waals surface area (Å²) in [5.41, 5.74) is 0.148. The van der Waals surface area contributed by atoms with Gasteiger partial charge in [0.05, 0.1) is 31.5 Å². The molecule has 1 heterocycles. The fraction of sp³-hybridized carbons (Fsp3) is 0.417. The molecule has 1 aromatic carbocycles. The lowest BCUT2D eigenvalue weighted by Gasteiger charge is -2.32. The maximum absolute atomic E-state index is 13.4. The lowest BCUT2D eigenvalue weighted by atomic mass is 10.3. The molecule has 1 fully saturated rings. The molecule has 0 radical (unpaired) electrons. The standard InChI is InChI=1S/C12H15FN2O3/c13-10-3-1-2-4-11(10)14-12(17)15-5-6-18-9(7-15)8-16/h1-4,9,16H,5-8H2,(H,14,17). The zero-order valence-electron chi connectivity index (χ0n) is 9.80. The van der Waals surface area contributed by atoms with Crippen LogP contribution in [-0.2, 0) is 4.74 Å². The van der Waals surface area contributed by atoms with Gasteiger partial charge < -0.3 is 20.1 Å². The van der Waals surface area contributed by atoms with E-state index >= 15 is 0 Å². The minimum atomic E-state index is -0.474. The van der Waals surface area contributed by atoms with Crippen molar-refractivity contribution in [2.24, 2.45) is 0 Å². The summed E-state index contributed by atoms with van der Waals surface area (Å²) in [7, 11) is 0. The number of anilines is 1. The number of nitrogens with one attached hydrogen (secondary N) is 1. The molecule has 6 heteroatoms. The van der Waals surface area contributed by atoms with Crippen molar-refractivity contribution in [2.45, 2.75) is 6.10 Å². The second kappa shape index (κ2) is 5.79. The number of morpholine rings is 1. The Balaban J connectivity index is 1.97. The van der Waals surface area contributed by atoms with E-state index in [4.69, 9.17) is 9.84 Å². The molecule has 98 valence electrons. The number of benzene rings is 1. The summed E-state index contributed by atoms with van der Waals surface area (Å²) in [5, 5.41) is 11.5. The molecule has 1 aliphatic rings. The van der Waals surface area contributed by atoms with Crippen LogP contribution in [0.4, 0.5) is 14.9 Å². The van der Waals surface area contributed by atoms with E-state index in [1.54, 1.807) is 12.1 Å². The van der Waals surface area contributed by atoms with Crippen LogP contribution in [0.5, 0.6) is 0 Å². The van der Waals surface area contributed by atoms with Gasteiger partial charge in [0.1, 0.15) is 5.82 Å². The van der Waals surface area contributed by atoms with Gasteiger partial charge in [-0.1, -0.05) is 12.1 Å². The van der Waals surface area contributed by atoms with E-state index in [0.717, 1.165) is 0 Å². The van der Waals surface area contributed by atoms with Crippen LogP contribution in [-0.4, -0.2) is 48.4 Å². The molecule has 1 saturated heterocycles. The van der Waals surface area contributed by atoms with Crippen molar-refractivity contribution < 1.29 is 19.0 Å². The summed E-state index contributed by atoms with van der Waals surface area (Å²) >= 11 is 0. The van der Waals surface area contributed by atoms with Gasteiger partial charge in [0.15, 0.2) is 0 Å². The normalized spacial score (nSPS) is 19.7. The van der Waals surface area contributed by atoms with Gasteiger partial charge in [-0.3, -0.25) is 0 Å². The molecule has 2 rings (SSSR count). The van der Waals surface area contributed by atoms with Crippen molar-refractivity contribution in [3.63, 3.8) is 0 Å². The van der Waals surface area contributed by atoms with Gasteiger partial charge in [-0.05, 0) is 12.1 Å². The van der Waals surface area contributed by atoms with Crippen LogP contribution in [0.2, 0.25) is 0 Å². The Morgan fingerprint density at radius 3 is 3.06 bits per heavy atom. The molecule has 1 unspecified atom stereocenters. The van der Waals surface area contributed by atoms with Gasteiger partial charge in [-0.15, -0.1) is 0 Å². The maximum atomic E-state index is 13.4. The Hall–Kier alpha value is -1.66. The third kappa shape index (κ3) is 2.96. The number of nitrogens with zero attached hydrogens (tertiary/aromatic N) is 1. The summed E-state index contributed by atoms with van der Waals surface area (Å²) in [4.78, 5) is 13.4. The van der Waals surface area contributed by atoms with Crippen LogP contribution in [0.3, 0.4) is 0 Å². The highest BCUT2D eigenvalue weighted by Gasteiger charge is 2.24. The van der Waals surface area contributed by atoms with Crippen LogP contribution < -0.4 is 5.32 Å². The Labute approximate surface area is 104 Å². The van der Waals surface area contributed by atoms with Crippen molar-refractivity contribution >= 4 is 11.7 Å². The Morgan fingerprint density at radius 2 is 2.33 bits per heavy atom. The van der Waals surface area contributed by atoms with E-state index in [0.29, 0.717) is 19.7 Å².